The normalized spacial score (nSPS) is 10.9. The van der Waals surface area contributed by atoms with Crippen molar-refractivity contribution in [2.75, 3.05) is 0 Å². The van der Waals surface area contributed by atoms with Crippen molar-refractivity contribution in [2.45, 2.75) is 17.0 Å². The van der Waals surface area contributed by atoms with Crippen LogP contribution in [0.5, 0.6) is 0 Å². The molecule has 0 spiro atoms. The molecule has 0 saturated heterocycles. The molecule has 0 fully saturated rings. The van der Waals surface area contributed by atoms with E-state index in [0.29, 0.717) is 0 Å². The van der Waals surface area contributed by atoms with E-state index in [9.17, 15) is 0 Å². The number of aromatic nitrogens is 2. The van der Waals surface area contributed by atoms with Crippen molar-refractivity contribution in [3.05, 3.63) is 145 Å². The molecule has 5 heteroatoms. The first-order chi connectivity index (χ1) is 18.6. The minimum absolute atomic E-state index is 0.542. The maximum atomic E-state index is 7.89. The molecular weight excluding hydrogens is 600 g/mol. The second kappa shape index (κ2) is 12.4. The maximum Gasteiger partial charge on any atom is 0.212 e. The van der Waals surface area contributed by atoms with Crippen LogP contribution in [0.15, 0.2) is 134 Å². The molecule has 0 aliphatic rings. The van der Waals surface area contributed by atoms with Crippen LogP contribution < -0.4 is 9.13 Å². The fourth-order valence-corrected chi connectivity index (χ4v) is 4.72. The highest BCUT2D eigenvalue weighted by Crippen LogP contribution is 2.21. The van der Waals surface area contributed by atoms with E-state index < -0.39 is 3.92 Å². The van der Waals surface area contributed by atoms with Crippen LogP contribution in [0.25, 0.3) is 32.9 Å². The smallest absolute Gasteiger partial charge is 0.212 e. The highest BCUT2D eigenvalue weighted by atomic mass is 79.9. The lowest BCUT2D eigenvalue weighted by atomic mass is 10.0. The van der Waals surface area contributed by atoms with Gasteiger partial charge in [0.25, 0.3) is 0 Å². The van der Waals surface area contributed by atoms with Crippen molar-refractivity contribution in [1.82, 2.24) is 0 Å². The summed E-state index contributed by atoms with van der Waals surface area (Å²) in [6.45, 7) is 1.73. The highest BCUT2D eigenvalue weighted by Gasteiger charge is 2.10. The molecule has 188 valence electrons. The maximum absolute atomic E-state index is 7.89. The second-order valence-corrected chi connectivity index (χ2v) is 12.0. The van der Waals surface area contributed by atoms with E-state index in [1.165, 1.54) is 44.1 Å². The number of pyridine rings is 2. The number of halogens is 2. The summed E-state index contributed by atoms with van der Waals surface area (Å²) in [4.78, 5) is 0. The molecule has 38 heavy (non-hydrogen) atoms. The molecule has 2 heterocycles. The van der Waals surface area contributed by atoms with Gasteiger partial charge in [0.15, 0.2) is 29.4 Å². The van der Waals surface area contributed by atoms with Crippen molar-refractivity contribution < 1.29 is 14.2 Å². The van der Waals surface area contributed by atoms with Gasteiger partial charge in [0.2, 0.25) is 11.0 Å². The van der Waals surface area contributed by atoms with Crippen molar-refractivity contribution in [2.24, 2.45) is 0 Å². The SMILES string of the molecule is OC(Br)Br.c1ccc2c(c1)ccc[n+]2Cc1ccc(-c2ccc(C[n+]3cccc4ccccc43)cc2)cc1. The molecule has 6 rings (SSSR count). The Morgan fingerprint density at radius 2 is 0.842 bits per heavy atom. The van der Waals surface area contributed by atoms with Crippen LogP contribution in [0, 0.1) is 0 Å². The van der Waals surface area contributed by atoms with Gasteiger partial charge in [-0.2, -0.15) is 9.13 Å². The van der Waals surface area contributed by atoms with Gasteiger partial charge in [-0.1, -0.05) is 72.8 Å². The lowest BCUT2D eigenvalue weighted by Crippen LogP contribution is -2.34. The number of aliphatic hydroxyl groups is 1. The summed E-state index contributed by atoms with van der Waals surface area (Å²) in [5.41, 5.74) is 7.61. The van der Waals surface area contributed by atoms with Crippen LogP contribution in [-0.4, -0.2) is 9.03 Å². The van der Waals surface area contributed by atoms with Gasteiger partial charge < -0.3 is 5.11 Å². The largest absolute Gasteiger partial charge is 0.372 e. The van der Waals surface area contributed by atoms with E-state index in [1.807, 2.05) is 0 Å². The summed E-state index contributed by atoms with van der Waals surface area (Å²) < 4.78 is 4.08. The molecule has 4 aromatic carbocycles. The lowest BCUT2D eigenvalue weighted by Gasteiger charge is -2.06. The fraction of sp³-hybridized carbons (Fsp3) is 0.0909. The van der Waals surface area contributed by atoms with Gasteiger partial charge in [-0.05, 0) is 67.3 Å². The number of alkyl halides is 2. The molecule has 0 atom stereocenters. The van der Waals surface area contributed by atoms with Crippen LogP contribution >= 0.6 is 31.9 Å². The third-order valence-corrected chi connectivity index (χ3v) is 6.52. The standard InChI is InChI=1S/C32H26N2.CH2Br2O/c1-3-11-31-29(7-1)9-5-21-33(31)23-25-13-17-27(18-14-25)28-19-15-26(16-20-28)24-34-22-6-10-30-8-2-4-12-32(30)34;2-1(3)4/h1-22H,23-24H2;1,4H/q+2;. The molecule has 0 aliphatic carbocycles. The molecule has 0 aliphatic heterocycles. The lowest BCUT2D eigenvalue weighted by molar-refractivity contribution is -0.662. The van der Waals surface area contributed by atoms with E-state index in [0.717, 1.165) is 13.1 Å². The minimum atomic E-state index is -0.542. The van der Waals surface area contributed by atoms with Gasteiger partial charge in [-0.15, -0.1) is 0 Å². The topological polar surface area (TPSA) is 28.0 Å². The van der Waals surface area contributed by atoms with Crippen molar-refractivity contribution in [3.63, 3.8) is 0 Å². The molecular formula is C33H28Br2N2O+2. The average Bonchev–Trinajstić information content (AvgIpc) is 2.94. The molecule has 0 unspecified atom stereocenters. The third-order valence-electron chi connectivity index (χ3n) is 6.52. The summed E-state index contributed by atoms with van der Waals surface area (Å²) >= 11 is 5.49. The first-order valence-corrected chi connectivity index (χ1v) is 14.3. The highest BCUT2D eigenvalue weighted by molar-refractivity contribution is 9.24. The van der Waals surface area contributed by atoms with Gasteiger partial charge in [0.05, 0.1) is 0 Å². The first-order valence-electron chi connectivity index (χ1n) is 12.5. The zero-order chi connectivity index (χ0) is 26.3. The number of hydrogen-bond donors (Lipinski definition) is 1. The van der Waals surface area contributed by atoms with E-state index in [4.69, 9.17) is 5.11 Å². The van der Waals surface area contributed by atoms with Crippen LogP contribution in [0.4, 0.5) is 0 Å². The molecule has 6 aromatic rings. The summed E-state index contributed by atoms with van der Waals surface area (Å²) in [7, 11) is 0. The van der Waals surface area contributed by atoms with Crippen LogP contribution in [0.1, 0.15) is 11.1 Å². The van der Waals surface area contributed by atoms with Crippen LogP contribution in [0.2, 0.25) is 0 Å². The van der Waals surface area contributed by atoms with E-state index in [-0.39, 0.29) is 0 Å². The summed E-state index contributed by atoms with van der Waals surface area (Å²) in [6, 6.07) is 43.5. The number of para-hydroxylation sites is 2. The summed E-state index contributed by atoms with van der Waals surface area (Å²) in [6.07, 6.45) is 4.31. The molecule has 3 nitrogen and oxygen atoms in total. The van der Waals surface area contributed by atoms with Gasteiger partial charge >= 0.3 is 0 Å². The van der Waals surface area contributed by atoms with E-state index >= 15 is 0 Å². The van der Waals surface area contributed by atoms with Crippen LogP contribution in [0.3, 0.4) is 0 Å². The molecule has 0 bridgehead atoms. The van der Waals surface area contributed by atoms with Crippen LogP contribution in [-0.2, 0) is 13.1 Å². The van der Waals surface area contributed by atoms with Gasteiger partial charge in [0.1, 0.15) is 0 Å². The average molecular weight is 628 g/mol. The Balaban J connectivity index is 0.000000689. The summed E-state index contributed by atoms with van der Waals surface area (Å²) in [5.74, 6) is 0. The Hall–Kier alpha value is -3.38. The number of rotatable bonds is 5. The number of aliphatic hydroxyl groups excluding tert-OH is 1. The second-order valence-electron chi connectivity index (χ2n) is 9.06. The zero-order valence-electron chi connectivity index (χ0n) is 20.8. The predicted octanol–water partition coefficient (Wildman–Crippen LogP) is 7.38. The number of hydrogen-bond acceptors (Lipinski definition) is 1. The van der Waals surface area contributed by atoms with Gasteiger partial charge in [-0.25, -0.2) is 0 Å². The Kier molecular flexibility index (Phi) is 8.59. The van der Waals surface area contributed by atoms with E-state index in [1.54, 1.807) is 0 Å². The minimum Gasteiger partial charge on any atom is -0.372 e. The quantitative estimate of drug-likeness (QED) is 0.157. The third kappa shape index (κ3) is 6.54. The Bertz CT molecular complexity index is 1510. The Labute approximate surface area is 239 Å². The monoisotopic (exact) mass is 626 g/mol. The first kappa shape index (κ1) is 26.2. The summed E-state index contributed by atoms with van der Waals surface area (Å²) in [5, 5.41) is 10.4. The molecule has 0 saturated carbocycles. The number of fused-ring (bicyclic) bond motifs is 2. The van der Waals surface area contributed by atoms with Gasteiger partial charge in [-0.3, -0.25) is 0 Å². The molecule has 1 N–H and O–H groups in total. The zero-order valence-corrected chi connectivity index (χ0v) is 24.0. The predicted molar refractivity (Wildman–Crippen MR) is 162 cm³/mol. The molecule has 0 amide bonds. The number of nitrogens with zero attached hydrogens (tertiary/aromatic N) is 2. The van der Waals surface area contributed by atoms with E-state index in [2.05, 4.69) is 175 Å². The van der Waals surface area contributed by atoms with Crippen molar-refractivity contribution in [3.8, 4) is 11.1 Å². The number of benzene rings is 4. The Morgan fingerprint density at radius 1 is 0.500 bits per heavy atom. The van der Waals surface area contributed by atoms with Crippen molar-refractivity contribution >= 4 is 53.7 Å². The molecule has 0 radical (unpaired) electrons. The fourth-order valence-electron chi connectivity index (χ4n) is 4.72. The molecule has 2 aromatic heterocycles. The Morgan fingerprint density at radius 3 is 1.24 bits per heavy atom. The van der Waals surface area contributed by atoms with Crippen molar-refractivity contribution in [1.29, 1.82) is 0 Å². The van der Waals surface area contributed by atoms with Gasteiger partial charge in [0, 0.05) is 46.2 Å².